The maximum absolute atomic E-state index is 10.2. The van der Waals surface area contributed by atoms with Crippen LogP contribution in [0.2, 0.25) is 0 Å². The Morgan fingerprint density at radius 1 is 1.11 bits per heavy atom. The molecule has 0 fully saturated rings. The highest BCUT2D eigenvalue weighted by molar-refractivity contribution is 7.85. The predicted molar refractivity (Wildman–Crippen MR) is 71.3 cm³/mol. The van der Waals surface area contributed by atoms with E-state index < -0.39 is 28.6 Å². The van der Waals surface area contributed by atoms with E-state index >= 15 is 0 Å². The SMILES string of the molecule is CN.COC(=O)OCCS(=O)(=O)O.c1ccccc1. The van der Waals surface area contributed by atoms with Gasteiger partial charge in [-0.1, -0.05) is 36.4 Å². The van der Waals surface area contributed by atoms with Crippen molar-refractivity contribution in [2.75, 3.05) is 26.5 Å². The summed E-state index contributed by atoms with van der Waals surface area (Å²) >= 11 is 0. The lowest BCUT2D eigenvalue weighted by Gasteiger charge is -1.99. The Labute approximate surface area is 113 Å². The lowest BCUT2D eigenvalue weighted by Crippen LogP contribution is -2.14. The fourth-order valence-corrected chi connectivity index (χ4v) is 0.968. The van der Waals surface area contributed by atoms with Crippen molar-refractivity contribution in [3.63, 3.8) is 0 Å². The van der Waals surface area contributed by atoms with Gasteiger partial charge in [-0.2, -0.15) is 8.42 Å². The molecule has 0 heterocycles. The van der Waals surface area contributed by atoms with Crippen molar-refractivity contribution in [1.29, 1.82) is 0 Å². The minimum absolute atomic E-state index is 0.411. The third-order valence-corrected chi connectivity index (χ3v) is 2.08. The zero-order valence-electron chi connectivity index (χ0n) is 10.9. The fourth-order valence-electron chi connectivity index (χ4n) is 0.674. The van der Waals surface area contributed by atoms with Crippen LogP contribution in [0.25, 0.3) is 0 Å². The number of ether oxygens (including phenoxy) is 2. The molecule has 0 unspecified atom stereocenters. The summed E-state index contributed by atoms with van der Waals surface area (Å²) < 4.78 is 36.4. The Balaban J connectivity index is 0. The molecule has 8 heteroatoms. The molecule has 0 aliphatic heterocycles. The zero-order valence-corrected chi connectivity index (χ0v) is 11.7. The summed E-state index contributed by atoms with van der Waals surface area (Å²) in [4.78, 5) is 10.2. The van der Waals surface area contributed by atoms with Crippen LogP contribution < -0.4 is 5.73 Å². The zero-order chi connectivity index (χ0) is 15.1. The van der Waals surface area contributed by atoms with Gasteiger partial charge in [-0.15, -0.1) is 0 Å². The minimum Gasteiger partial charge on any atom is -0.438 e. The molecule has 0 aliphatic carbocycles. The molecular weight excluding hydrogens is 274 g/mol. The summed E-state index contributed by atoms with van der Waals surface area (Å²) in [5.41, 5.74) is 4.50. The number of benzene rings is 1. The lowest BCUT2D eigenvalue weighted by atomic mass is 10.4. The minimum atomic E-state index is -4.06. The largest absolute Gasteiger partial charge is 0.508 e. The van der Waals surface area contributed by atoms with Crippen LogP contribution in [0.15, 0.2) is 36.4 Å². The first kappa shape index (κ1) is 19.7. The molecule has 0 spiro atoms. The predicted octanol–water partition coefficient (Wildman–Crippen LogP) is 0.919. The molecule has 0 saturated heterocycles. The van der Waals surface area contributed by atoms with Crippen molar-refractivity contribution in [3.8, 4) is 0 Å². The van der Waals surface area contributed by atoms with E-state index in [2.05, 4.69) is 15.2 Å². The number of methoxy groups -OCH3 is 1. The third-order valence-electron chi connectivity index (χ3n) is 1.39. The molecule has 110 valence electrons. The lowest BCUT2D eigenvalue weighted by molar-refractivity contribution is 0.0774. The quantitative estimate of drug-likeness (QED) is 0.628. The summed E-state index contributed by atoms with van der Waals surface area (Å²) in [5.74, 6) is -0.623. The fraction of sp³-hybridized carbons (Fsp3) is 0.364. The molecule has 0 saturated carbocycles. The Bertz CT molecular complexity index is 380. The van der Waals surface area contributed by atoms with Crippen LogP contribution in [0, 0.1) is 0 Å². The van der Waals surface area contributed by atoms with E-state index in [1.807, 2.05) is 36.4 Å². The average molecular weight is 293 g/mol. The van der Waals surface area contributed by atoms with Crippen molar-refractivity contribution < 1.29 is 27.2 Å². The molecule has 7 nitrogen and oxygen atoms in total. The number of carbonyl (C=O) groups is 1. The standard InChI is InChI=1S/C6H6.C4H8O6S.CH5N/c1-2-4-6-5-3-1;1-9-4(5)10-2-3-11(6,7)8;1-2/h1-6H;2-3H2,1H3,(H,6,7,8);2H2,1H3. The van der Waals surface area contributed by atoms with E-state index in [1.165, 1.54) is 7.05 Å². The van der Waals surface area contributed by atoms with Gasteiger partial charge in [-0.05, 0) is 7.05 Å². The molecule has 0 amide bonds. The maximum Gasteiger partial charge on any atom is 0.508 e. The van der Waals surface area contributed by atoms with E-state index in [-0.39, 0.29) is 0 Å². The molecule has 0 aliphatic rings. The summed E-state index contributed by atoms with van der Waals surface area (Å²) in [7, 11) is -1.47. The Morgan fingerprint density at radius 2 is 1.47 bits per heavy atom. The summed E-state index contributed by atoms with van der Waals surface area (Å²) in [6, 6.07) is 12.0. The van der Waals surface area contributed by atoms with Crippen molar-refractivity contribution >= 4 is 16.3 Å². The van der Waals surface area contributed by atoms with Gasteiger partial charge < -0.3 is 15.2 Å². The van der Waals surface area contributed by atoms with Gasteiger partial charge in [0.05, 0.1) is 7.11 Å². The van der Waals surface area contributed by atoms with Gasteiger partial charge in [0, 0.05) is 0 Å². The molecule has 0 bridgehead atoms. The van der Waals surface area contributed by atoms with Gasteiger partial charge in [0.25, 0.3) is 10.1 Å². The van der Waals surface area contributed by atoms with Crippen LogP contribution in [0.5, 0.6) is 0 Å². The van der Waals surface area contributed by atoms with Crippen molar-refractivity contribution in [2.45, 2.75) is 0 Å². The first-order chi connectivity index (χ1) is 8.95. The number of hydrogen-bond acceptors (Lipinski definition) is 6. The van der Waals surface area contributed by atoms with Gasteiger partial charge in [-0.3, -0.25) is 4.55 Å². The molecule has 3 N–H and O–H groups in total. The van der Waals surface area contributed by atoms with Crippen molar-refractivity contribution in [1.82, 2.24) is 0 Å². The van der Waals surface area contributed by atoms with Crippen LogP contribution >= 0.6 is 0 Å². The van der Waals surface area contributed by atoms with Crippen LogP contribution in [-0.2, 0) is 19.6 Å². The molecule has 1 rings (SSSR count). The smallest absolute Gasteiger partial charge is 0.438 e. The number of carbonyl (C=O) groups excluding carboxylic acids is 1. The van der Waals surface area contributed by atoms with Gasteiger partial charge >= 0.3 is 6.16 Å². The molecule has 0 aromatic heterocycles. The van der Waals surface area contributed by atoms with E-state index in [1.54, 1.807) is 0 Å². The molecule has 1 aromatic rings. The maximum atomic E-state index is 10.2. The monoisotopic (exact) mass is 293 g/mol. The van der Waals surface area contributed by atoms with Crippen molar-refractivity contribution in [2.24, 2.45) is 5.73 Å². The van der Waals surface area contributed by atoms with Gasteiger partial charge in [-0.25, -0.2) is 4.79 Å². The van der Waals surface area contributed by atoms with E-state index in [0.29, 0.717) is 0 Å². The molecule has 0 atom stereocenters. The number of rotatable bonds is 3. The molecule has 0 radical (unpaired) electrons. The summed E-state index contributed by atoms with van der Waals surface area (Å²) in [5, 5.41) is 0. The van der Waals surface area contributed by atoms with Crippen molar-refractivity contribution in [3.05, 3.63) is 36.4 Å². The summed E-state index contributed by atoms with van der Waals surface area (Å²) in [6.45, 7) is -0.411. The topological polar surface area (TPSA) is 116 Å². The average Bonchev–Trinajstić information content (AvgIpc) is 2.42. The van der Waals surface area contributed by atoms with Gasteiger partial charge in [0.2, 0.25) is 0 Å². The third kappa shape index (κ3) is 18.9. The second-order valence-electron chi connectivity index (χ2n) is 2.74. The number of nitrogens with two attached hydrogens (primary N) is 1. The Hall–Kier alpha value is -1.64. The van der Waals surface area contributed by atoms with E-state index in [9.17, 15) is 13.2 Å². The second-order valence-corrected chi connectivity index (χ2v) is 4.32. The second kappa shape index (κ2) is 12.8. The highest BCUT2D eigenvalue weighted by atomic mass is 32.2. The normalized spacial score (nSPS) is 9.05. The van der Waals surface area contributed by atoms with Crippen LogP contribution in [0.1, 0.15) is 0 Å². The Morgan fingerprint density at radius 3 is 1.74 bits per heavy atom. The first-order valence-corrected chi connectivity index (χ1v) is 6.80. The molecule has 1 aromatic carbocycles. The molecule has 19 heavy (non-hydrogen) atoms. The van der Waals surface area contributed by atoms with E-state index in [4.69, 9.17) is 4.55 Å². The number of hydrogen-bond donors (Lipinski definition) is 2. The Kier molecular flexibility index (Phi) is 13.3. The molecular formula is C11H19NO6S. The first-order valence-electron chi connectivity index (χ1n) is 5.19. The van der Waals surface area contributed by atoms with E-state index in [0.717, 1.165) is 7.11 Å². The van der Waals surface area contributed by atoms with Crippen LogP contribution in [0.4, 0.5) is 4.79 Å². The van der Waals surface area contributed by atoms with Gasteiger partial charge in [0.1, 0.15) is 12.4 Å². The summed E-state index contributed by atoms with van der Waals surface area (Å²) in [6.07, 6.45) is -0.978. The van der Waals surface area contributed by atoms with Crippen LogP contribution in [-0.4, -0.2) is 45.6 Å². The van der Waals surface area contributed by atoms with Gasteiger partial charge in [0.15, 0.2) is 0 Å². The highest BCUT2D eigenvalue weighted by Crippen LogP contribution is 1.86. The highest BCUT2D eigenvalue weighted by Gasteiger charge is 2.06. The van der Waals surface area contributed by atoms with Crippen LogP contribution in [0.3, 0.4) is 0 Å².